The van der Waals surface area contributed by atoms with Crippen LogP contribution in [0.4, 0.5) is 0 Å². The van der Waals surface area contributed by atoms with Crippen molar-refractivity contribution in [3.63, 3.8) is 0 Å². The molecule has 4 nitrogen and oxygen atoms in total. The molecule has 0 N–H and O–H groups in total. The summed E-state index contributed by atoms with van der Waals surface area (Å²) in [6.45, 7) is 11.2. The van der Waals surface area contributed by atoms with Crippen LogP contribution in [0.1, 0.15) is 46.1 Å². The number of benzene rings is 1. The van der Waals surface area contributed by atoms with Gasteiger partial charge < -0.3 is 9.64 Å². The maximum atomic E-state index is 12.8. The second-order valence-corrected chi connectivity index (χ2v) is 7.28. The van der Waals surface area contributed by atoms with Crippen molar-refractivity contribution in [1.29, 1.82) is 0 Å². The number of hydrogen-bond donors (Lipinski definition) is 0. The second-order valence-electron chi connectivity index (χ2n) is 7.28. The van der Waals surface area contributed by atoms with Gasteiger partial charge in [0.15, 0.2) is 0 Å². The lowest BCUT2D eigenvalue weighted by Crippen LogP contribution is -2.48. The van der Waals surface area contributed by atoms with E-state index in [1.54, 1.807) is 0 Å². The smallest absolute Gasteiger partial charge is 0.237 e. The molecular weight excluding hydrogens is 300 g/mol. The van der Waals surface area contributed by atoms with Crippen LogP contribution in [-0.2, 0) is 16.1 Å². The molecule has 24 heavy (non-hydrogen) atoms. The average Bonchev–Trinajstić information content (AvgIpc) is 3.00. The van der Waals surface area contributed by atoms with Crippen LogP contribution in [0.2, 0.25) is 0 Å². The molecule has 1 saturated heterocycles. The van der Waals surface area contributed by atoms with Gasteiger partial charge in [0, 0.05) is 31.8 Å². The van der Waals surface area contributed by atoms with Gasteiger partial charge in [0.25, 0.3) is 0 Å². The Morgan fingerprint density at radius 2 is 1.83 bits per heavy atom. The monoisotopic (exact) mass is 332 g/mol. The number of ether oxygens (including phenoxy) is 1. The minimum absolute atomic E-state index is 0.203. The molecule has 1 heterocycles. The summed E-state index contributed by atoms with van der Waals surface area (Å²) in [7, 11) is 0. The number of rotatable bonds is 8. The highest BCUT2D eigenvalue weighted by atomic mass is 16.5. The van der Waals surface area contributed by atoms with E-state index in [4.69, 9.17) is 4.74 Å². The molecule has 0 aliphatic carbocycles. The van der Waals surface area contributed by atoms with Crippen LogP contribution < -0.4 is 0 Å². The number of amides is 1. The van der Waals surface area contributed by atoms with Crippen molar-refractivity contribution in [3.8, 4) is 0 Å². The van der Waals surface area contributed by atoms with Gasteiger partial charge in [-0.15, -0.1) is 0 Å². The van der Waals surface area contributed by atoms with E-state index < -0.39 is 0 Å². The van der Waals surface area contributed by atoms with E-state index in [-0.39, 0.29) is 24.1 Å². The molecule has 0 spiro atoms. The predicted molar refractivity (Wildman–Crippen MR) is 97.8 cm³/mol. The first-order valence-corrected chi connectivity index (χ1v) is 9.16. The molecule has 0 aromatic heterocycles. The average molecular weight is 332 g/mol. The topological polar surface area (TPSA) is 32.8 Å². The summed E-state index contributed by atoms with van der Waals surface area (Å²) in [6, 6.07) is 10.8. The molecule has 2 rings (SSSR count). The first kappa shape index (κ1) is 18.9. The SMILES string of the molecule is CC(C)N(C(=O)CN(Cc1ccccc1)CC1CCCO1)C(C)C. The minimum Gasteiger partial charge on any atom is -0.377 e. The van der Waals surface area contributed by atoms with E-state index in [0.29, 0.717) is 6.54 Å². The molecule has 0 radical (unpaired) electrons. The third-order valence-corrected chi connectivity index (χ3v) is 4.49. The van der Waals surface area contributed by atoms with E-state index >= 15 is 0 Å². The van der Waals surface area contributed by atoms with Crippen LogP contribution in [0.25, 0.3) is 0 Å². The fourth-order valence-electron chi connectivity index (χ4n) is 3.55. The zero-order chi connectivity index (χ0) is 17.5. The highest BCUT2D eigenvalue weighted by Gasteiger charge is 2.25. The number of carbonyl (C=O) groups excluding carboxylic acids is 1. The van der Waals surface area contributed by atoms with E-state index in [2.05, 4.69) is 56.9 Å². The van der Waals surface area contributed by atoms with Crippen LogP contribution >= 0.6 is 0 Å². The van der Waals surface area contributed by atoms with Crippen LogP contribution in [0.15, 0.2) is 30.3 Å². The highest BCUT2D eigenvalue weighted by molar-refractivity contribution is 5.78. The van der Waals surface area contributed by atoms with Gasteiger partial charge in [0.1, 0.15) is 0 Å². The summed E-state index contributed by atoms with van der Waals surface area (Å²) in [6.07, 6.45) is 2.48. The van der Waals surface area contributed by atoms with Gasteiger partial charge in [-0.2, -0.15) is 0 Å². The molecule has 1 unspecified atom stereocenters. The van der Waals surface area contributed by atoms with Crippen molar-refractivity contribution in [2.24, 2.45) is 0 Å². The maximum Gasteiger partial charge on any atom is 0.237 e. The number of hydrogen-bond acceptors (Lipinski definition) is 3. The van der Waals surface area contributed by atoms with Crippen molar-refractivity contribution >= 4 is 5.91 Å². The lowest BCUT2D eigenvalue weighted by Gasteiger charge is -2.34. The molecule has 1 aromatic carbocycles. The molecule has 1 aliphatic heterocycles. The van der Waals surface area contributed by atoms with Gasteiger partial charge in [-0.3, -0.25) is 9.69 Å². The first-order valence-electron chi connectivity index (χ1n) is 9.16. The van der Waals surface area contributed by atoms with Gasteiger partial charge in [0.2, 0.25) is 5.91 Å². The fraction of sp³-hybridized carbons (Fsp3) is 0.650. The van der Waals surface area contributed by atoms with E-state index in [9.17, 15) is 4.79 Å². The Hall–Kier alpha value is -1.39. The van der Waals surface area contributed by atoms with Crippen molar-refractivity contribution in [2.45, 2.75) is 65.3 Å². The second kappa shape index (κ2) is 9.19. The van der Waals surface area contributed by atoms with E-state index in [1.165, 1.54) is 5.56 Å². The number of carbonyl (C=O) groups is 1. The fourth-order valence-corrected chi connectivity index (χ4v) is 3.55. The van der Waals surface area contributed by atoms with Crippen LogP contribution in [0, 0.1) is 0 Å². The lowest BCUT2D eigenvalue weighted by atomic mass is 10.1. The Bertz CT molecular complexity index is 488. The number of nitrogens with zero attached hydrogens (tertiary/aromatic N) is 2. The summed E-state index contributed by atoms with van der Waals surface area (Å²) in [4.78, 5) is 17.1. The highest BCUT2D eigenvalue weighted by Crippen LogP contribution is 2.16. The molecule has 1 atom stereocenters. The standard InChI is InChI=1S/C20H32N2O2/c1-16(2)22(17(3)4)20(23)15-21(14-19-11-8-12-24-19)13-18-9-6-5-7-10-18/h5-7,9-10,16-17,19H,8,11-15H2,1-4H3. The Labute approximate surface area is 146 Å². The predicted octanol–water partition coefficient (Wildman–Crippen LogP) is 3.31. The maximum absolute atomic E-state index is 12.8. The normalized spacial score (nSPS) is 17.9. The summed E-state index contributed by atoms with van der Waals surface area (Å²) in [5.74, 6) is 0.203. The summed E-state index contributed by atoms with van der Waals surface area (Å²) >= 11 is 0. The summed E-state index contributed by atoms with van der Waals surface area (Å²) in [5, 5.41) is 0. The summed E-state index contributed by atoms with van der Waals surface area (Å²) in [5.41, 5.74) is 1.24. The zero-order valence-electron chi connectivity index (χ0n) is 15.6. The van der Waals surface area contributed by atoms with Crippen LogP contribution in [-0.4, -0.2) is 53.6 Å². The summed E-state index contributed by atoms with van der Waals surface area (Å²) < 4.78 is 5.79. The van der Waals surface area contributed by atoms with Crippen LogP contribution in [0.5, 0.6) is 0 Å². The molecular formula is C20H32N2O2. The lowest BCUT2D eigenvalue weighted by molar-refractivity contribution is -0.136. The Balaban J connectivity index is 2.04. The van der Waals surface area contributed by atoms with Gasteiger partial charge in [-0.25, -0.2) is 0 Å². The third kappa shape index (κ3) is 5.60. The van der Waals surface area contributed by atoms with Crippen molar-refractivity contribution < 1.29 is 9.53 Å². The van der Waals surface area contributed by atoms with Gasteiger partial charge in [-0.05, 0) is 46.1 Å². The minimum atomic E-state index is 0.203. The zero-order valence-corrected chi connectivity index (χ0v) is 15.6. The van der Waals surface area contributed by atoms with Gasteiger partial charge in [0.05, 0.1) is 12.6 Å². The molecule has 4 heteroatoms. The largest absolute Gasteiger partial charge is 0.377 e. The van der Waals surface area contributed by atoms with Crippen molar-refractivity contribution in [2.75, 3.05) is 19.7 Å². The Morgan fingerprint density at radius 1 is 1.17 bits per heavy atom. The third-order valence-electron chi connectivity index (χ3n) is 4.49. The molecule has 1 aliphatic rings. The molecule has 1 amide bonds. The quantitative estimate of drug-likeness (QED) is 0.732. The van der Waals surface area contributed by atoms with E-state index in [0.717, 1.165) is 32.5 Å². The van der Waals surface area contributed by atoms with Crippen molar-refractivity contribution in [3.05, 3.63) is 35.9 Å². The molecule has 1 fully saturated rings. The molecule has 1 aromatic rings. The van der Waals surface area contributed by atoms with Crippen molar-refractivity contribution in [1.82, 2.24) is 9.80 Å². The molecule has 0 bridgehead atoms. The Kier molecular flexibility index (Phi) is 7.25. The molecule has 134 valence electrons. The van der Waals surface area contributed by atoms with Gasteiger partial charge >= 0.3 is 0 Å². The van der Waals surface area contributed by atoms with Gasteiger partial charge in [-0.1, -0.05) is 30.3 Å². The Morgan fingerprint density at radius 3 is 2.38 bits per heavy atom. The van der Waals surface area contributed by atoms with E-state index in [1.807, 2.05) is 11.0 Å². The van der Waals surface area contributed by atoms with Crippen LogP contribution in [0.3, 0.4) is 0 Å². The first-order chi connectivity index (χ1) is 11.5. The molecule has 0 saturated carbocycles.